The molecular formula is C13H13BrO3S. The lowest BCUT2D eigenvalue weighted by molar-refractivity contribution is 0.268. The maximum absolute atomic E-state index is 5.79. The Morgan fingerprint density at radius 1 is 1.17 bits per heavy atom. The molecule has 3 nitrogen and oxygen atoms in total. The standard InChI is InChI=1S/C13H13BrO3S/c1-15-11-4-3-5-12(16-2)13(11)17-7-10-6-9(14)8-18-10/h3-6,8H,7H2,1-2H3. The highest BCUT2D eigenvalue weighted by molar-refractivity contribution is 9.10. The molecule has 0 radical (unpaired) electrons. The zero-order chi connectivity index (χ0) is 13.0. The Hall–Kier alpha value is -1.20. The van der Waals surface area contributed by atoms with Gasteiger partial charge in [-0.3, -0.25) is 0 Å². The lowest BCUT2D eigenvalue weighted by Gasteiger charge is -2.13. The summed E-state index contributed by atoms with van der Waals surface area (Å²) in [6.07, 6.45) is 0. The van der Waals surface area contributed by atoms with Crippen LogP contribution in [0.5, 0.6) is 17.2 Å². The summed E-state index contributed by atoms with van der Waals surface area (Å²) < 4.78 is 17.4. The minimum absolute atomic E-state index is 0.493. The number of hydrogen-bond acceptors (Lipinski definition) is 4. The first-order chi connectivity index (χ1) is 8.74. The smallest absolute Gasteiger partial charge is 0.203 e. The van der Waals surface area contributed by atoms with Gasteiger partial charge in [-0.2, -0.15) is 0 Å². The van der Waals surface area contributed by atoms with E-state index < -0.39 is 0 Å². The molecule has 0 saturated heterocycles. The van der Waals surface area contributed by atoms with E-state index in [1.54, 1.807) is 25.6 Å². The second kappa shape index (κ2) is 6.11. The Balaban J connectivity index is 2.17. The zero-order valence-corrected chi connectivity index (χ0v) is 12.5. The van der Waals surface area contributed by atoms with Crippen molar-refractivity contribution in [3.8, 4) is 17.2 Å². The van der Waals surface area contributed by atoms with E-state index in [1.807, 2.05) is 29.6 Å². The molecule has 0 fully saturated rings. The molecule has 0 aliphatic heterocycles. The lowest BCUT2D eigenvalue weighted by Crippen LogP contribution is -1.98. The van der Waals surface area contributed by atoms with Gasteiger partial charge in [0.1, 0.15) is 6.61 Å². The molecule has 0 atom stereocenters. The van der Waals surface area contributed by atoms with Gasteiger partial charge in [0, 0.05) is 14.7 Å². The number of methoxy groups -OCH3 is 2. The summed E-state index contributed by atoms with van der Waals surface area (Å²) in [7, 11) is 3.23. The van der Waals surface area contributed by atoms with Gasteiger partial charge in [-0.15, -0.1) is 11.3 Å². The van der Waals surface area contributed by atoms with Crippen molar-refractivity contribution < 1.29 is 14.2 Å². The van der Waals surface area contributed by atoms with Crippen LogP contribution in [-0.4, -0.2) is 14.2 Å². The van der Waals surface area contributed by atoms with Gasteiger partial charge in [0.15, 0.2) is 11.5 Å². The summed E-state index contributed by atoms with van der Waals surface area (Å²) >= 11 is 5.06. The molecule has 0 spiro atoms. The van der Waals surface area contributed by atoms with Crippen molar-refractivity contribution in [1.29, 1.82) is 0 Å². The third kappa shape index (κ3) is 2.97. The Morgan fingerprint density at radius 2 is 1.83 bits per heavy atom. The van der Waals surface area contributed by atoms with Gasteiger partial charge in [0.25, 0.3) is 0 Å². The lowest BCUT2D eigenvalue weighted by atomic mass is 10.3. The fourth-order valence-corrected chi connectivity index (χ4v) is 2.89. The molecule has 18 heavy (non-hydrogen) atoms. The Kier molecular flexibility index (Phi) is 4.49. The maximum atomic E-state index is 5.79. The van der Waals surface area contributed by atoms with Gasteiger partial charge in [-0.25, -0.2) is 0 Å². The van der Waals surface area contributed by atoms with Crippen LogP contribution < -0.4 is 14.2 Å². The Morgan fingerprint density at radius 3 is 2.33 bits per heavy atom. The third-order valence-corrected chi connectivity index (χ3v) is 4.03. The molecule has 0 amide bonds. The van der Waals surface area contributed by atoms with Gasteiger partial charge in [0.05, 0.1) is 14.2 Å². The van der Waals surface area contributed by atoms with Crippen molar-refractivity contribution in [1.82, 2.24) is 0 Å². The van der Waals surface area contributed by atoms with Crippen molar-refractivity contribution in [2.45, 2.75) is 6.61 Å². The zero-order valence-electron chi connectivity index (χ0n) is 10.1. The van der Waals surface area contributed by atoms with Crippen LogP contribution >= 0.6 is 27.3 Å². The molecule has 1 aromatic heterocycles. The summed E-state index contributed by atoms with van der Waals surface area (Å²) in [5, 5.41) is 2.03. The van der Waals surface area contributed by atoms with E-state index in [1.165, 1.54) is 0 Å². The highest BCUT2D eigenvalue weighted by Crippen LogP contribution is 2.37. The molecule has 1 aromatic carbocycles. The van der Waals surface area contributed by atoms with Gasteiger partial charge in [-0.05, 0) is 34.1 Å². The van der Waals surface area contributed by atoms with Crippen molar-refractivity contribution in [2.24, 2.45) is 0 Å². The Labute approximate surface area is 118 Å². The van der Waals surface area contributed by atoms with Crippen LogP contribution in [0.15, 0.2) is 34.1 Å². The molecule has 5 heteroatoms. The van der Waals surface area contributed by atoms with Gasteiger partial charge >= 0.3 is 0 Å². The molecule has 2 aromatic rings. The number of thiophene rings is 1. The molecule has 0 N–H and O–H groups in total. The van der Waals surface area contributed by atoms with E-state index in [2.05, 4.69) is 15.9 Å². The normalized spacial score (nSPS) is 10.2. The quantitative estimate of drug-likeness (QED) is 0.826. The third-order valence-electron chi connectivity index (χ3n) is 2.36. The largest absolute Gasteiger partial charge is 0.493 e. The topological polar surface area (TPSA) is 27.7 Å². The van der Waals surface area contributed by atoms with Crippen molar-refractivity contribution in [3.63, 3.8) is 0 Å². The minimum atomic E-state index is 0.493. The minimum Gasteiger partial charge on any atom is -0.493 e. The van der Waals surface area contributed by atoms with E-state index in [4.69, 9.17) is 14.2 Å². The van der Waals surface area contributed by atoms with Crippen molar-refractivity contribution in [2.75, 3.05) is 14.2 Å². The molecule has 0 aliphatic rings. The monoisotopic (exact) mass is 328 g/mol. The van der Waals surface area contributed by atoms with Crippen LogP contribution in [0.3, 0.4) is 0 Å². The number of benzene rings is 1. The SMILES string of the molecule is COc1cccc(OC)c1OCc1cc(Br)cs1. The van der Waals surface area contributed by atoms with Crippen molar-refractivity contribution in [3.05, 3.63) is 39.0 Å². The highest BCUT2D eigenvalue weighted by atomic mass is 79.9. The maximum Gasteiger partial charge on any atom is 0.203 e. The van der Waals surface area contributed by atoms with E-state index >= 15 is 0 Å². The molecule has 0 unspecified atom stereocenters. The van der Waals surface area contributed by atoms with Crippen LogP contribution in [-0.2, 0) is 6.61 Å². The summed E-state index contributed by atoms with van der Waals surface area (Å²) in [5.74, 6) is 1.97. The fraction of sp³-hybridized carbons (Fsp3) is 0.231. The van der Waals surface area contributed by atoms with Crippen molar-refractivity contribution >= 4 is 27.3 Å². The predicted octanol–water partition coefficient (Wildman–Crippen LogP) is 4.11. The van der Waals surface area contributed by atoms with Crippen LogP contribution in [0.4, 0.5) is 0 Å². The molecule has 0 bridgehead atoms. The second-order valence-electron chi connectivity index (χ2n) is 3.51. The first kappa shape index (κ1) is 13.2. The molecule has 96 valence electrons. The van der Waals surface area contributed by atoms with E-state index in [0.29, 0.717) is 23.9 Å². The van der Waals surface area contributed by atoms with Gasteiger partial charge in [-0.1, -0.05) is 6.07 Å². The summed E-state index contributed by atoms with van der Waals surface area (Å²) in [6, 6.07) is 7.60. The average Bonchev–Trinajstić information content (AvgIpc) is 2.81. The number of hydrogen-bond donors (Lipinski definition) is 0. The first-order valence-corrected chi connectivity index (χ1v) is 6.98. The summed E-state index contributed by atoms with van der Waals surface area (Å²) in [5.41, 5.74) is 0. The Bertz CT molecular complexity index is 502. The summed E-state index contributed by atoms with van der Waals surface area (Å²) in [4.78, 5) is 1.13. The van der Waals surface area contributed by atoms with Gasteiger partial charge in [0.2, 0.25) is 5.75 Å². The van der Waals surface area contributed by atoms with Gasteiger partial charge < -0.3 is 14.2 Å². The van der Waals surface area contributed by atoms with Crippen LogP contribution in [0.1, 0.15) is 4.88 Å². The molecule has 0 aliphatic carbocycles. The van der Waals surface area contributed by atoms with E-state index in [-0.39, 0.29) is 0 Å². The molecular weight excluding hydrogens is 316 g/mol. The van der Waals surface area contributed by atoms with E-state index in [0.717, 1.165) is 9.35 Å². The first-order valence-electron chi connectivity index (χ1n) is 5.31. The number of rotatable bonds is 5. The number of para-hydroxylation sites is 1. The molecule has 2 rings (SSSR count). The predicted molar refractivity (Wildman–Crippen MR) is 75.9 cm³/mol. The fourth-order valence-electron chi connectivity index (χ4n) is 1.53. The number of halogens is 1. The average molecular weight is 329 g/mol. The van der Waals surface area contributed by atoms with Crippen LogP contribution in [0.25, 0.3) is 0 Å². The van der Waals surface area contributed by atoms with Crippen LogP contribution in [0, 0.1) is 0 Å². The highest BCUT2D eigenvalue weighted by Gasteiger charge is 2.11. The molecule has 0 saturated carbocycles. The molecule has 1 heterocycles. The van der Waals surface area contributed by atoms with Crippen LogP contribution in [0.2, 0.25) is 0 Å². The van der Waals surface area contributed by atoms with E-state index in [9.17, 15) is 0 Å². The second-order valence-corrected chi connectivity index (χ2v) is 5.42. The number of ether oxygens (including phenoxy) is 3. The summed E-state index contributed by atoms with van der Waals surface area (Å²) in [6.45, 7) is 0.493.